The summed E-state index contributed by atoms with van der Waals surface area (Å²) in [4.78, 5) is 2.44. The number of para-hydroxylation sites is 2. The second-order valence-electron chi connectivity index (χ2n) is 14.4. The monoisotopic (exact) mass is 729 g/mol. The molecule has 0 aliphatic heterocycles. The standard InChI is InChI=1S/C54H35NO2/c1-5-16-36(17-6-1)40-28-30-45-47-35-41(29-33-50(47)56-51(45)34-40)55(53-42(37-18-7-2-8-19-37)25-15-26-43(53)38-20-9-3-10-21-38)48-32-31-44(39-22-11-4-12-23-39)54-52(48)46-24-13-14-27-49(46)57-54/h1-35H. The highest BCUT2D eigenvalue weighted by atomic mass is 16.3. The first kappa shape index (κ1) is 32.8. The molecule has 0 aliphatic rings. The van der Waals surface area contributed by atoms with Crippen LogP contribution in [0.25, 0.3) is 88.4 Å². The van der Waals surface area contributed by atoms with Gasteiger partial charge in [-0.25, -0.2) is 0 Å². The third-order valence-corrected chi connectivity index (χ3v) is 11.1. The largest absolute Gasteiger partial charge is 0.456 e. The van der Waals surface area contributed by atoms with Gasteiger partial charge in [0.15, 0.2) is 0 Å². The number of rotatable bonds is 7. The van der Waals surface area contributed by atoms with Gasteiger partial charge in [0.05, 0.1) is 16.8 Å². The first-order valence-electron chi connectivity index (χ1n) is 19.3. The summed E-state index contributed by atoms with van der Waals surface area (Å²) >= 11 is 0. The van der Waals surface area contributed by atoms with Crippen molar-refractivity contribution >= 4 is 60.9 Å². The summed E-state index contributed by atoms with van der Waals surface area (Å²) < 4.78 is 13.4. The lowest BCUT2D eigenvalue weighted by atomic mass is 9.93. The Morgan fingerprint density at radius 3 is 1.56 bits per heavy atom. The Morgan fingerprint density at radius 1 is 0.316 bits per heavy atom. The van der Waals surface area contributed by atoms with Gasteiger partial charge in [-0.15, -0.1) is 0 Å². The summed E-state index contributed by atoms with van der Waals surface area (Å²) in [6.45, 7) is 0. The summed E-state index contributed by atoms with van der Waals surface area (Å²) in [5.74, 6) is 0. The van der Waals surface area contributed by atoms with Crippen LogP contribution in [0.4, 0.5) is 17.1 Å². The van der Waals surface area contributed by atoms with Crippen molar-refractivity contribution in [3.05, 3.63) is 212 Å². The SMILES string of the molecule is c1ccc(-c2ccc3c(c2)oc2ccc(N(c4c(-c5ccccc5)cccc4-c4ccccc4)c4ccc(-c5ccccc5)c5oc6ccccc6c45)cc23)cc1. The molecule has 268 valence electrons. The molecule has 9 aromatic carbocycles. The molecule has 0 atom stereocenters. The maximum absolute atomic E-state index is 6.85. The fourth-order valence-corrected chi connectivity index (χ4v) is 8.43. The van der Waals surface area contributed by atoms with Crippen LogP contribution in [0.3, 0.4) is 0 Å². The highest BCUT2D eigenvalue weighted by Crippen LogP contribution is 2.51. The summed E-state index contributed by atoms with van der Waals surface area (Å²) in [6, 6.07) is 75.1. The van der Waals surface area contributed by atoms with Crippen LogP contribution in [-0.2, 0) is 0 Å². The molecule has 2 heterocycles. The molecule has 0 N–H and O–H groups in total. The second-order valence-corrected chi connectivity index (χ2v) is 14.4. The topological polar surface area (TPSA) is 29.5 Å². The Morgan fingerprint density at radius 2 is 0.895 bits per heavy atom. The number of hydrogen-bond acceptors (Lipinski definition) is 3. The van der Waals surface area contributed by atoms with Crippen LogP contribution in [0.5, 0.6) is 0 Å². The minimum atomic E-state index is 0.844. The van der Waals surface area contributed by atoms with Crippen LogP contribution in [0.2, 0.25) is 0 Å². The van der Waals surface area contributed by atoms with E-state index in [1.54, 1.807) is 0 Å². The molecule has 57 heavy (non-hydrogen) atoms. The van der Waals surface area contributed by atoms with Crippen LogP contribution in [0.15, 0.2) is 221 Å². The molecular formula is C54H35NO2. The molecule has 0 aliphatic carbocycles. The molecule has 0 radical (unpaired) electrons. The van der Waals surface area contributed by atoms with Crippen molar-refractivity contribution in [3.63, 3.8) is 0 Å². The van der Waals surface area contributed by atoms with Gasteiger partial charge >= 0.3 is 0 Å². The molecule has 11 rings (SSSR count). The van der Waals surface area contributed by atoms with Crippen LogP contribution in [0, 0.1) is 0 Å². The molecule has 0 spiro atoms. The van der Waals surface area contributed by atoms with E-state index in [1.165, 1.54) is 0 Å². The fraction of sp³-hybridized carbons (Fsp3) is 0. The van der Waals surface area contributed by atoms with Gasteiger partial charge in [0.1, 0.15) is 22.3 Å². The first-order chi connectivity index (χ1) is 28.3. The maximum atomic E-state index is 6.85. The number of hydrogen-bond donors (Lipinski definition) is 0. The Hall–Kier alpha value is -7.62. The number of fused-ring (bicyclic) bond motifs is 6. The van der Waals surface area contributed by atoms with E-state index in [9.17, 15) is 0 Å². The quantitative estimate of drug-likeness (QED) is 0.164. The molecule has 0 saturated carbocycles. The van der Waals surface area contributed by atoms with E-state index < -0.39 is 0 Å². The molecule has 0 fully saturated rings. The van der Waals surface area contributed by atoms with E-state index in [0.29, 0.717) is 0 Å². The van der Waals surface area contributed by atoms with Crippen molar-refractivity contribution in [1.29, 1.82) is 0 Å². The summed E-state index contributed by atoms with van der Waals surface area (Å²) in [5, 5.41) is 4.25. The third-order valence-electron chi connectivity index (χ3n) is 11.1. The number of furan rings is 2. The molecule has 0 amide bonds. The third kappa shape index (κ3) is 5.60. The van der Waals surface area contributed by atoms with Gasteiger partial charge in [-0.2, -0.15) is 0 Å². The van der Waals surface area contributed by atoms with Gasteiger partial charge in [0, 0.05) is 38.5 Å². The van der Waals surface area contributed by atoms with Crippen molar-refractivity contribution in [2.75, 3.05) is 4.90 Å². The van der Waals surface area contributed by atoms with E-state index in [4.69, 9.17) is 8.83 Å². The van der Waals surface area contributed by atoms with E-state index >= 15 is 0 Å². The second kappa shape index (κ2) is 13.6. The average molecular weight is 730 g/mol. The Bertz CT molecular complexity index is 3160. The Labute approximate surface area is 330 Å². The lowest BCUT2D eigenvalue weighted by molar-refractivity contribution is 0.669. The summed E-state index contributed by atoms with van der Waals surface area (Å²) in [6.07, 6.45) is 0. The molecular weight excluding hydrogens is 695 g/mol. The van der Waals surface area contributed by atoms with Gasteiger partial charge in [-0.05, 0) is 76.3 Å². The van der Waals surface area contributed by atoms with Crippen molar-refractivity contribution in [2.24, 2.45) is 0 Å². The smallest absolute Gasteiger partial charge is 0.145 e. The summed E-state index contributed by atoms with van der Waals surface area (Å²) in [7, 11) is 0. The molecule has 11 aromatic rings. The number of nitrogens with zero attached hydrogens (tertiary/aromatic N) is 1. The molecule has 3 heteroatoms. The van der Waals surface area contributed by atoms with Gasteiger partial charge in [-0.1, -0.05) is 164 Å². The summed E-state index contributed by atoms with van der Waals surface area (Å²) in [5.41, 5.74) is 15.5. The van der Waals surface area contributed by atoms with Crippen LogP contribution >= 0.6 is 0 Å². The lowest BCUT2D eigenvalue weighted by Gasteiger charge is -2.31. The minimum absolute atomic E-state index is 0.844. The highest BCUT2D eigenvalue weighted by Gasteiger charge is 2.27. The zero-order chi connectivity index (χ0) is 37.7. The Kier molecular flexibility index (Phi) is 7.82. The van der Waals surface area contributed by atoms with Crippen molar-refractivity contribution in [2.45, 2.75) is 0 Å². The van der Waals surface area contributed by atoms with E-state index in [-0.39, 0.29) is 0 Å². The minimum Gasteiger partial charge on any atom is -0.456 e. The zero-order valence-corrected chi connectivity index (χ0v) is 31.0. The van der Waals surface area contributed by atoms with E-state index in [2.05, 4.69) is 205 Å². The van der Waals surface area contributed by atoms with Crippen molar-refractivity contribution in [1.82, 2.24) is 0 Å². The molecule has 2 aromatic heterocycles. The molecule has 0 saturated heterocycles. The molecule has 0 unspecified atom stereocenters. The van der Waals surface area contributed by atoms with Gasteiger partial charge in [-0.3, -0.25) is 0 Å². The van der Waals surface area contributed by atoms with Crippen LogP contribution in [-0.4, -0.2) is 0 Å². The normalized spacial score (nSPS) is 11.5. The predicted molar refractivity (Wildman–Crippen MR) is 237 cm³/mol. The van der Waals surface area contributed by atoms with Crippen LogP contribution in [0.1, 0.15) is 0 Å². The average Bonchev–Trinajstić information content (AvgIpc) is 3.86. The Balaban J connectivity index is 1.24. The highest BCUT2D eigenvalue weighted by molar-refractivity contribution is 6.18. The van der Waals surface area contributed by atoms with Gasteiger partial charge < -0.3 is 13.7 Å². The fourth-order valence-electron chi connectivity index (χ4n) is 8.43. The molecule has 0 bridgehead atoms. The number of anilines is 3. The van der Waals surface area contributed by atoms with Crippen LogP contribution < -0.4 is 4.90 Å². The first-order valence-corrected chi connectivity index (χ1v) is 19.3. The van der Waals surface area contributed by atoms with E-state index in [0.717, 1.165) is 105 Å². The van der Waals surface area contributed by atoms with Gasteiger partial charge in [0.25, 0.3) is 0 Å². The number of benzene rings is 9. The van der Waals surface area contributed by atoms with Crippen molar-refractivity contribution in [3.8, 4) is 44.5 Å². The lowest BCUT2D eigenvalue weighted by Crippen LogP contribution is -2.13. The van der Waals surface area contributed by atoms with Gasteiger partial charge in [0.2, 0.25) is 0 Å². The van der Waals surface area contributed by atoms with Crippen molar-refractivity contribution < 1.29 is 8.83 Å². The molecule has 3 nitrogen and oxygen atoms in total. The predicted octanol–water partition coefficient (Wildman–Crippen LogP) is 15.6. The zero-order valence-electron chi connectivity index (χ0n) is 31.0. The maximum Gasteiger partial charge on any atom is 0.145 e. The van der Waals surface area contributed by atoms with E-state index in [1.807, 2.05) is 12.1 Å².